The molecule has 67 valence electrons. The smallest absolute Gasteiger partial charge is 0.188 e. The molecular weight excluding hydrogens is 188 g/mol. The summed E-state index contributed by atoms with van der Waals surface area (Å²) in [5.74, 6) is 0.973. The number of nitrogens with zero attached hydrogens (tertiary/aromatic N) is 1. The third kappa shape index (κ3) is 1.92. The third-order valence-corrected chi connectivity index (χ3v) is 3.73. The third-order valence-electron chi connectivity index (χ3n) is 2.23. The fourth-order valence-corrected chi connectivity index (χ4v) is 2.83. The first-order chi connectivity index (χ1) is 5.86. The molecule has 0 aromatic heterocycles. The van der Waals surface area contributed by atoms with Gasteiger partial charge < -0.3 is 5.32 Å². The first-order valence-corrected chi connectivity index (χ1v) is 5.80. The van der Waals surface area contributed by atoms with Crippen molar-refractivity contribution in [1.29, 1.82) is 0 Å². The second-order valence-electron chi connectivity index (χ2n) is 3.19. The Kier molecular flexibility index (Phi) is 2.88. The summed E-state index contributed by atoms with van der Waals surface area (Å²) in [5.41, 5.74) is 1.29. The maximum absolute atomic E-state index is 5.09. The summed E-state index contributed by atoms with van der Waals surface area (Å²) in [6, 6.07) is 0. The van der Waals surface area contributed by atoms with Crippen LogP contribution >= 0.6 is 24.0 Å². The van der Waals surface area contributed by atoms with Crippen LogP contribution in [-0.2, 0) is 0 Å². The van der Waals surface area contributed by atoms with E-state index >= 15 is 0 Å². The molecule has 0 unspecified atom stereocenters. The number of thiocarbonyl (C=S) groups is 1. The van der Waals surface area contributed by atoms with E-state index in [9.17, 15) is 0 Å². The average Bonchev–Trinajstić information content (AvgIpc) is 2.54. The van der Waals surface area contributed by atoms with E-state index in [1.54, 1.807) is 0 Å². The first-order valence-electron chi connectivity index (χ1n) is 4.41. The minimum Gasteiger partial charge on any atom is -0.349 e. The van der Waals surface area contributed by atoms with Crippen molar-refractivity contribution in [2.24, 2.45) is 0 Å². The summed E-state index contributed by atoms with van der Waals surface area (Å²) in [6.45, 7) is 2.41. The van der Waals surface area contributed by atoms with Crippen LogP contribution in [0, 0.1) is 5.50 Å². The lowest BCUT2D eigenvalue weighted by molar-refractivity contribution is 0.259. The normalized spacial score (nSPS) is 27.5. The minimum atomic E-state index is 0.973. The summed E-state index contributed by atoms with van der Waals surface area (Å²) >= 11 is 6.93. The van der Waals surface area contributed by atoms with Gasteiger partial charge in [0.15, 0.2) is 5.50 Å². The van der Waals surface area contributed by atoms with Crippen LogP contribution in [0.5, 0.6) is 0 Å². The highest BCUT2D eigenvalue weighted by Gasteiger charge is 2.27. The van der Waals surface area contributed by atoms with Crippen molar-refractivity contribution in [2.75, 3.05) is 18.8 Å². The van der Waals surface area contributed by atoms with Crippen molar-refractivity contribution >= 4 is 29.0 Å². The van der Waals surface area contributed by atoms with Gasteiger partial charge in [-0.05, 0) is 12.8 Å². The molecule has 2 aliphatic heterocycles. The van der Waals surface area contributed by atoms with Crippen LogP contribution in [0.2, 0.25) is 0 Å². The van der Waals surface area contributed by atoms with Crippen molar-refractivity contribution in [3.63, 3.8) is 0 Å². The quantitative estimate of drug-likeness (QED) is 0.648. The van der Waals surface area contributed by atoms with Crippen molar-refractivity contribution in [3.05, 3.63) is 5.50 Å². The summed E-state index contributed by atoms with van der Waals surface area (Å²) in [7, 11) is 0. The van der Waals surface area contributed by atoms with Gasteiger partial charge in [-0.25, -0.2) is 0 Å². The Bertz CT molecular complexity index is 178. The molecule has 0 bridgehead atoms. The number of hydrogen-bond acceptors (Lipinski definition) is 3. The zero-order valence-electron chi connectivity index (χ0n) is 7.01. The van der Waals surface area contributed by atoms with Crippen LogP contribution in [0.4, 0.5) is 0 Å². The number of nitrogens with one attached hydrogen (secondary N) is 1. The summed E-state index contributed by atoms with van der Waals surface area (Å²) in [5, 5.41) is 3.26. The highest BCUT2D eigenvalue weighted by molar-refractivity contribution is 8.04. The van der Waals surface area contributed by atoms with E-state index in [2.05, 4.69) is 10.2 Å². The molecule has 1 radical (unpaired) electrons. The Morgan fingerprint density at radius 2 is 2.00 bits per heavy atom. The summed E-state index contributed by atoms with van der Waals surface area (Å²) < 4.78 is 0. The van der Waals surface area contributed by atoms with Crippen LogP contribution in [0.15, 0.2) is 0 Å². The molecule has 12 heavy (non-hydrogen) atoms. The van der Waals surface area contributed by atoms with Crippen LogP contribution < -0.4 is 5.32 Å². The Morgan fingerprint density at radius 1 is 1.25 bits per heavy atom. The molecule has 0 saturated carbocycles. The zero-order valence-corrected chi connectivity index (χ0v) is 8.64. The monoisotopic (exact) mass is 201 g/mol. The van der Waals surface area contributed by atoms with Gasteiger partial charge in [-0.3, -0.25) is 4.90 Å². The van der Waals surface area contributed by atoms with Crippen molar-refractivity contribution in [2.45, 2.75) is 19.3 Å². The van der Waals surface area contributed by atoms with E-state index in [1.807, 2.05) is 11.8 Å². The Balaban J connectivity index is 1.86. The molecule has 2 heterocycles. The SMILES string of the molecule is S=C1CS[C](N2CCCCC2)N1. The molecule has 4 heteroatoms. The topological polar surface area (TPSA) is 15.3 Å². The second kappa shape index (κ2) is 3.94. The lowest BCUT2D eigenvalue weighted by Crippen LogP contribution is -2.38. The van der Waals surface area contributed by atoms with Crippen LogP contribution in [-0.4, -0.2) is 28.7 Å². The lowest BCUT2D eigenvalue weighted by atomic mass is 10.1. The van der Waals surface area contributed by atoms with Gasteiger partial charge in [0.25, 0.3) is 0 Å². The lowest BCUT2D eigenvalue weighted by Gasteiger charge is -2.29. The molecule has 2 fully saturated rings. The van der Waals surface area contributed by atoms with Crippen LogP contribution in [0.1, 0.15) is 19.3 Å². The first kappa shape index (κ1) is 8.78. The van der Waals surface area contributed by atoms with Gasteiger partial charge >= 0.3 is 0 Å². The van der Waals surface area contributed by atoms with E-state index in [-0.39, 0.29) is 0 Å². The summed E-state index contributed by atoms with van der Waals surface area (Å²) in [6.07, 6.45) is 4.05. The molecule has 2 rings (SSSR count). The number of hydrogen-bond donors (Lipinski definition) is 1. The maximum Gasteiger partial charge on any atom is 0.188 e. The Hall–Kier alpha value is 0.200. The van der Waals surface area contributed by atoms with Gasteiger partial charge in [0.1, 0.15) is 0 Å². The Morgan fingerprint density at radius 3 is 2.58 bits per heavy atom. The van der Waals surface area contributed by atoms with Gasteiger partial charge in [0.05, 0.1) is 4.99 Å². The number of piperidine rings is 1. The maximum atomic E-state index is 5.09. The van der Waals surface area contributed by atoms with E-state index in [1.165, 1.54) is 37.8 Å². The average molecular weight is 201 g/mol. The van der Waals surface area contributed by atoms with Gasteiger partial charge in [0, 0.05) is 18.8 Å². The largest absolute Gasteiger partial charge is 0.349 e. The molecule has 0 amide bonds. The minimum absolute atomic E-state index is 0.973. The number of likely N-dealkylation sites (tertiary alicyclic amines) is 1. The van der Waals surface area contributed by atoms with Gasteiger partial charge in [-0.1, -0.05) is 18.6 Å². The van der Waals surface area contributed by atoms with Crippen LogP contribution in [0.3, 0.4) is 0 Å². The fourth-order valence-electron chi connectivity index (χ4n) is 1.59. The fraction of sp³-hybridized carbons (Fsp3) is 0.750. The number of rotatable bonds is 1. The standard InChI is InChI=1S/C8H13N2S2/c11-7-6-12-8(9-7)10-4-2-1-3-5-10/h1-6H2,(H,9,11). The summed E-state index contributed by atoms with van der Waals surface area (Å²) in [4.78, 5) is 3.41. The molecule has 0 aromatic rings. The molecule has 0 atom stereocenters. The van der Waals surface area contributed by atoms with E-state index in [0.29, 0.717) is 0 Å². The Labute approximate surface area is 83.1 Å². The molecule has 2 saturated heterocycles. The molecule has 0 aliphatic carbocycles. The van der Waals surface area contributed by atoms with Gasteiger partial charge in [0.2, 0.25) is 0 Å². The molecular formula is C8H13N2S2. The zero-order chi connectivity index (χ0) is 8.39. The molecule has 0 aromatic carbocycles. The van der Waals surface area contributed by atoms with Gasteiger partial charge in [-0.2, -0.15) is 0 Å². The van der Waals surface area contributed by atoms with E-state index in [4.69, 9.17) is 12.2 Å². The van der Waals surface area contributed by atoms with E-state index in [0.717, 1.165) is 10.7 Å². The van der Waals surface area contributed by atoms with E-state index < -0.39 is 0 Å². The molecule has 1 N–H and O–H groups in total. The van der Waals surface area contributed by atoms with Crippen molar-refractivity contribution in [1.82, 2.24) is 10.2 Å². The predicted molar refractivity (Wildman–Crippen MR) is 56.9 cm³/mol. The van der Waals surface area contributed by atoms with Crippen molar-refractivity contribution < 1.29 is 0 Å². The second-order valence-corrected chi connectivity index (χ2v) is 4.65. The molecule has 0 spiro atoms. The van der Waals surface area contributed by atoms with Crippen LogP contribution in [0.25, 0.3) is 0 Å². The highest BCUT2D eigenvalue weighted by Crippen LogP contribution is 2.28. The predicted octanol–water partition coefficient (Wildman–Crippen LogP) is 1.58. The molecule has 2 nitrogen and oxygen atoms in total. The van der Waals surface area contributed by atoms with Crippen molar-refractivity contribution in [3.8, 4) is 0 Å². The highest BCUT2D eigenvalue weighted by atomic mass is 32.2. The number of thioether (sulfide) groups is 1. The van der Waals surface area contributed by atoms with Gasteiger partial charge in [-0.15, -0.1) is 11.8 Å². The molecule has 2 aliphatic rings.